The lowest BCUT2D eigenvalue weighted by molar-refractivity contribution is 0.174. The minimum Gasteiger partial charge on any atom is -0.454 e. The van der Waals surface area contributed by atoms with E-state index in [9.17, 15) is 0 Å². The van der Waals surface area contributed by atoms with Crippen LogP contribution < -0.4 is 14.9 Å². The van der Waals surface area contributed by atoms with Crippen LogP contribution >= 0.6 is 0 Å². The van der Waals surface area contributed by atoms with Gasteiger partial charge in [0.25, 0.3) is 0 Å². The normalized spacial score (nSPS) is 13.3. The second-order valence-corrected chi connectivity index (χ2v) is 6.88. The summed E-state index contributed by atoms with van der Waals surface area (Å²) in [5.74, 6) is 2.58. The Bertz CT molecular complexity index is 1230. The van der Waals surface area contributed by atoms with Gasteiger partial charge in [-0.1, -0.05) is 29.8 Å². The molecule has 0 saturated heterocycles. The molecule has 1 aromatic heterocycles. The molecule has 0 spiro atoms. The number of nitrogens with one attached hydrogen (secondary N) is 2. The second kappa shape index (κ2) is 7.71. The van der Waals surface area contributed by atoms with Crippen molar-refractivity contribution in [2.75, 3.05) is 6.79 Å². The van der Waals surface area contributed by atoms with Crippen LogP contribution in [-0.4, -0.2) is 28.8 Å². The summed E-state index contributed by atoms with van der Waals surface area (Å²) in [6, 6.07) is 21.5. The molecule has 0 amide bonds. The molecule has 0 bridgehead atoms. The number of hydrazone groups is 1. The molecule has 2 heterocycles. The summed E-state index contributed by atoms with van der Waals surface area (Å²) < 4.78 is 10.8. The summed E-state index contributed by atoms with van der Waals surface area (Å²) in [5.41, 5.74) is 7.69. The first kappa shape index (κ1) is 17.9. The van der Waals surface area contributed by atoms with Gasteiger partial charge in [-0.3, -0.25) is 5.43 Å². The zero-order valence-electron chi connectivity index (χ0n) is 16.3. The number of H-pyrrole nitrogens is 1. The molecule has 2 N–H and O–H groups in total. The van der Waals surface area contributed by atoms with Gasteiger partial charge in [0.15, 0.2) is 23.2 Å². The second-order valence-electron chi connectivity index (χ2n) is 6.88. The summed E-state index contributed by atoms with van der Waals surface area (Å²) in [5, 5.41) is 4.37. The number of hydrogen-bond acceptors (Lipinski definition) is 5. The first-order valence-electron chi connectivity index (χ1n) is 9.54. The monoisotopic (exact) mass is 397 g/mol. The van der Waals surface area contributed by atoms with E-state index in [0.29, 0.717) is 17.4 Å². The fourth-order valence-corrected chi connectivity index (χ4v) is 3.11. The van der Waals surface area contributed by atoms with Crippen molar-refractivity contribution in [1.29, 1.82) is 0 Å². The zero-order valence-corrected chi connectivity index (χ0v) is 16.3. The van der Waals surface area contributed by atoms with Crippen molar-refractivity contribution in [2.45, 2.75) is 6.92 Å². The molecule has 5 rings (SSSR count). The molecular weight excluding hydrogens is 378 g/mol. The van der Waals surface area contributed by atoms with E-state index in [1.54, 1.807) is 6.21 Å². The highest BCUT2D eigenvalue weighted by Crippen LogP contribution is 2.31. The van der Waals surface area contributed by atoms with Crippen molar-refractivity contribution in [3.63, 3.8) is 0 Å². The Morgan fingerprint density at radius 3 is 2.73 bits per heavy atom. The summed E-state index contributed by atoms with van der Waals surface area (Å²) in [4.78, 5) is 12.6. The summed E-state index contributed by atoms with van der Waals surface area (Å²) in [6.45, 7) is 2.29. The highest BCUT2D eigenvalue weighted by atomic mass is 16.7. The number of ether oxygens (including phenoxy) is 2. The first-order valence-corrected chi connectivity index (χ1v) is 9.54. The van der Waals surface area contributed by atoms with Crippen LogP contribution in [0, 0.1) is 6.92 Å². The molecule has 0 saturated carbocycles. The average molecular weight is 397 g/mol. The van der Waals surface area contributed by atoms with Gasteiger partial charge < -0.3 is 14.5 Å². The Morgan fingerprint density at radius 2 is 1.87 bits per heavy atom. The lowest BCUT2D eigenvalue weighted by Gasteiger charge is -2.04. The number of aliphatic imine (C=N–C) groups is 1. The van der Waals surface area contributed by atoms with Gasteiger partial charge in [-0.2, -0.15) is 5.10 Å². The maximum absolute atomic E-state index is 5.42. The molecule has 7 heteroatoms. The van der Waals surface area contributed by atoms with Gasteiger partial charge in [-0.15, -0.1) is 0 Å². The third-order valence-electron chi connectivity index (χ3n) is 4.67. The number of aromatic nitrogens is 2. The van der Waals surface area contributed by atoms with Gasteiger partial charge in [0.05, 0.1) is 22.9 Å². The van der Waals surface area contributed by atoms with Crippen molar-refractivity contribution in [3.8, 4) is 11.5 Å². The molecule has 148 valence electrons. The molecule has 4 aromatic rings. The van der Waals surface area contributed by atoms with E-state index >= 15 is 0 Å². The third kappa shape index (κ3) is 3.73. The van der Waals surface area contributed by atoms with E-state index in [-0.39, 0.29) is 6.79 Å². The Hall–Kier alpha value is -4.13. The minimum atomic E-state index is 0.244. The van der Waals surface area contributed by atoms with E-state index in [4.69, 9.17) is 14.5 Å². The Balaban J connectivity index is 1.45. The number of amidine groups is 1. The van der Waals surface area contributed by atoms with Crippen molar-refractivity contribution >= 4 is 28.8 Å². The van der Waals surface area contributed by atoms with Crippen molar-refractivity contribution in [1.82, 2.24) is 15.4 Å². The van der Waals surface area contributed by atoms with E-state index < -0.39 is 0 Å². The maximum atomic E-state index is 5.42. The van der Waals surface area contributed by atoms with E-state index in [1.807, 2.05) is 73.7 Å². The Morgan fingerprint density at radius 1 is 1.03 bits per heavy atom. The van der Waals surface area contributed by atoms with Crippen molar-refractivity contribution < 1.29 is 9.47 Å². The summed E-state index contributed by atoms with van der Waals surface area (Å²) in [7, 11) is 0. The van der Waals surface area contributed by atoms with Crippen molar-refractivity contribution in [2.24, 2.45) is 10.1 Å². The van der Waals surface area contributed by atoms with Crippen molar-refractivity contribution in [3.05, 3.63) is 83.7 Å². The molecule has 0 aliphatic carbocycles. The zero-order chi connectivity index (χ0) is 20.3. The summed E-state index contributed by atoms with van der Waals surface area (Å²) >= 11 is 0. The maximum Gasteiger partial charge on any atom is 0.231 e. The number of fused-ring (bicyclic) bond motifs is 2. The molecule has 0 radical (unpaired) electrons. The van der Waals surface area contributed by atoms with Crippen LogP contribution in [0.1, 0.15) is 17.0 Å². The topological polar surface area (TPSA) is 83.9 Å². The highest BCUT2D eigenvalue weighted by Gasteiger charge is 2.13. The highest BCUT2D eigenvalue weighted by molar-refractivity contribution is 6.00. The van der Waals surface area contributed by atoms with Gasteiger partial charge in [-0.05, 0) is 55.0 Å². The standard InChI is InChI=1S/C23H19N5O2/c1-15-6-9-17(10-7-15)25-23(22-26-18-4-2-3-5-19(18)27-22)28-24-13-16-8-11-20-21(12-16)30-14-29-20/h2-13H,14H2,1H3,(H,25,28)(H,26,27)/b24-13-. The SMILES string of the molecule is Cc1ccc(N=C(N/N=C\c2ccc3c(c2)OCO3)c2nc3ccccc3[nH]2)cc1. The molecule has 1 aliphatic rings. The van der Waals surface area contributed by atoms with E-state index in [1.165, 1.54) is 5.56 Å². The lowest BCUT2D eigenvalue weighted by atomic mass is 10.2. The van der Waals surface area contributed by atoms with Crippen LogP contribution in [0.2, 0.25) is 0 Å². The van der Waals surface area contributed by atoms with Gasteiger partial charge in [0, 0.05) is 0 Å². The number of aromatic amines is 1. The average Bonchev–Trinajstić information content (AvgIpc) is 3.41. The van der Waals surface area contributed by atoms with Crippen LogP contribution in [0.25, 0.3) is 11.0 Å². The van der Waals surface area contributed by atoms with Crippen LogP contribution in [0.4, 0.5) is 5.69 Å². The van der Waals surface area contributed by atoms with Gasteiger partial charge in [0.2, 0.25) is 6.79 Å². The Labute approximate surface area is 173 Å². The molecule has 30 heavy (non-hydrogen) atoms. The largest absolute Gasteiger partial charge is 0.454 e. The molecule has 7 nitrogen and oxygen atoms in total. The molecule has 1 aliphatic heterocycles. The molecule has 3 aromatic carbocycles. The number of aryl methyl sites for hydroxylation is 1. The minimum absolute atomic E-state index is 0.244. The van der Waals surface area contributed by atoms with E-state index in [2.05, 4.69) is 20.5 Å². The number of rotatable bonds is 4. The van der Waals surface area contributed by atoms with Crippen LogP contribution in [0.3, 0.4) is 0 Å². The molecule has 0 fully saturated rings. The van der Waals surface area contributed by atoms with Gasteiger partial charge >= 0.3 is 0 Å². The fourth-order valence-electron chi connectivity index (χ4n) is 3.11. The quantitative estimate of drug-likeness (QED) is 0.305. The predicted molar refractivity (Wildman–Crippen MR) is 117 cm³/mol. The Kier molecular flexibility index (Phi) is 4.61. The lowest BCUT2D eigenvalue weighted by Crippen LogP contribution is -2.20. The number of para-hydroxylation sites is 2. The molecular formula is C23H19N5O2. The number of hydrogen-bond donors (Lipinski definition) is 2. The predicted octanol–water partition coefficient (Wildman–Crippen LogP) is 4.30. The fraction of sp³-hybridized carbons (Fsp3) is 0.0870. The van der Waals surface area contributed by atoms with Crippen LogP contribution in [0.15, 0.2) is 76.8 Å². The first-order chi connectivity index (χ1) is 14.7. The van der Waals surface area contributed by atoms with Gasteiger partial charge in [-0.25, -0.2) is 9.98 Å². The third-order valence-corrected chi connectivity index (χ3v) is 4.67. The number of imidazole rings is 1. The number of nitrogens with zero attached hydrogens (tertiary/aromatic N) is 3. The van der Waals surface area contributed by atoms with Crippen LogP contribution in [0.5, 0.6) is 11.5 Å². The summed E-state index contributed by atoms with van der Waals surface area (Å²) in [6.07, 6.45) is 1.70. The number of benzene rings is 3. The molecule has 0 unspecified atom stereocenters. The van der Waals surface area contributed by atoms with Crippen LogP contribution in [-0.2, 0) is 0 Å². The van der Waals surface area contributed by atoms with E-state index in [0.717, 1.165) is 28.0 Å². The molecule has 0 atom stereocenters. The smallest absolute Gasteiger partial charge is 0.231 e. The van der Waals surface area contributed by atoms with Gasteiger partial charge in [0.1, 0.15) is 0 Å².